The Morgan fingerprint density at radius 1 is 1.30 bits per heavy atom. The summed E-state index contributed by atoms with van der Waals surface area (Å²) in [5, 5.41) is 11.8. The lowest BCUT2D eigenvalue weighted by atomic mass is 9.91. The van der Waals surface area contributed by atoms with Crippen molar-refractivity contribution in [3.05, 3.63) is 60.2 Å². The third-order valence-electron chi connectivity index (χ3n) is 7.31. The summed E-state index contributed by atoms with van der Waals surface area (Å²) in [5.41, 5.74) is 13.1. The molecule has 1 aromatic heterocycles. The van der Waals surface area contributed by atoms with Crippen molar-refractivity contribution in [1.82, 2.24) is 9.80 Å². The third kappa shape index (κ3) is 5.09. The Hall–Kier alpha value is -4.08. The molecule has 1 saturated carbocycles. The molecule has 2 heterocycles. The van der Waals surface area contributed by atoms with Crippen molar-refractivity contribution < 1.29 is 18.9 Å². The number of likely N-dealkylation sites (N-methyl/N-ethyl adjacent to an activating group) is 1. The summed E-state index contributed by atoms with van der Waals surface area (Å²) in [6, 6.07) is 8.98. The number of methoxy groups -OCH3 is 1. The van der Waals surface area contributed by atoms with Crippen molar-refractivity contribution in [3.8, 4) is 5.75 Å². The number of hydrogen-bond donors (Lipinski definition) is 4. The fraction of sp³-hybridized carbons (Fsp3) is 0.407. The number of anilines is 2. The van der Waals surface area contributed by atoms with E-state index in [1.54, 1.807) is 25.2 Å². The minimum Gasteiger partial charge on any atom is -0.495 e. The molecule has 2 aromatic rings. The van der Waals surface area contributed by atoms with Gasteiger partial charge in [0.2, 0.25) is 5.91 Å². The minimum absolute atomic E-state index is 0.0532. The number of pyridine rings is 1. The summed E-state index contributed by atoms with van der Waals surface area (Å²) >= 11 is 0. The largest absolute Gasteiger partial charge is 0.495 e. The van der Waals surface area contributed by atoms with Crippen LogP contribution in [0.5, 0.6) is 5.75 Å². The molecule has 6 N–H and O–H groups in total. The predicted molar refractivity (Wildman–Crippen MR) is 142 cm³/mol. The standard InChI is InChI=1S/C27H35N7O3/c1-27(2)16-34(24(30)22(14-28)32(3)26(27)36)20-9-8-19(13-20)33-11-5-6-18(15-33)31-25(35)17-7-10-21(29)23(12-17)37-4/h5-7,10-12,14-15,19-20H,8-9,13,16H2,1-4H3,(H5-,28,29,30,31,35)/p+1. The van der Waals surface area contributed by atoms with Gasteiger partial charge in [-0.2, -0.15) is 0 Å². The van der Waals surface area contributed by atoms with E-state index in [1.165, 1.54) is 18.2 Å². The van der Waals surface area contributed by atoms with E-state index in [9.17, 15) is 9.59 Å². The number of nitrogen functional groups attached to an aromatic ring is 1. The molecule has 37 heavy (non-hydrogen) atoms. The smallest absolute Gasteiger partial charge is 0.255 e. The van der Waals surface area contributed by atoms with Gasteiger partial charge in [0.25, 0.3) is 5.91 Å². The highest BCUT2D eigenvalue weighted by atomic mass is 16.5. The summed E-state index contributed by atoms with van der Waals surface area (Å²) in [6.45, 7) is 4.28. The van der Waals surface area contributed by atoms with Crippen molar-refractivity contribution in [3.63, 3.8) is 0 Å². The van der Waals surface area contributed by atoms with Crippen LogP contribution < -0.4 is 26.1 Å². The van der Waals surface area contributed by atoms with Gasteiger partial charge in [-0.1, -0.05) is 0 Å². The average Bonchev–Trinajstić information content (AvgIpc) is 3.35. The Balaban J connectivity index is 1.49. The maximum Gasteiger partial charge on any atom is 0.255 e. The van der Waals surface area contributed by atoms with Gasteiger partial charge in [0.05, 0.1) is 18.2 Å². The highest BCUT2D eigenvalue weighted by Gasteiger charge is 2.44. The summed E-state index contributed by atoms with van der Waals surface area (Å²) in [5.74, 6) is 0.424. The lowest BCUT2D eigenvalue weighted by molar-refractivity contribution is -0.721. The average molecular weight is 507 g/mol. The first-order chi connectivity index (χ1) is 17.6. The number of nitrogens with one attached hydrogen (secondary N) is 2. The van der Waals surface area contributed by atoms with Crippen LogP contribution in [-0.2, 0) is 4.79 Å². The van der Waals surface area contributed by atoms with Gasteiger partial charge in [0.1, 0.15) is 23.0 Å². The van der Waals surface area contributed by atoms with Crippen molar-refractivity contribution in [2.75, 3.05) is 31.8 Å². The molecular formula is C27H36N7O3+. The highest BCUT2D eigenvalue weighted by molar-refractivity contribution is 6.04. The maximum absolute atomic E-state index is 13.0. The predicted octanol–water partition coefficient (Wildman–Crippen LogP) is 2.49. The number of nitrogens with two attached hydrogens (primary N) is 2. The molecule has 2 amide bonds. The number of rotatable bonds is 5. The fourth-order valence-electron chi connectivity index (χ4n) is 5.28. The summed E-state index contributed by atoms with van der Waals surface area (Å²) < 4.78 is 7.34. The Morgan fingerprint density at radius 2 is 2.05 bits per heavy atom. The van der Waals surface area contributed by atoms with E-state index in [1.807, 2.05) is 43.3 Å². The second kappa shape index (κ2) is 10.1. The molecule has 10 heteroatoms. The number of amides is 2. The highest BCUT2D eigenvalue weighted by Crippen LogP contribution is 2.35. The number of nitrogens with zero attached hydrogens (tertiary/aromatic N) is 3. The normalized spacial score (nSPS) is 22.8. The van der Waals surface area contributed by atoms with Crippen LogP contribution in [-0.4, -0.2) is 54.2 Å². The molecule has 0 spiro atoms. The van der Waals surface area contributed by atoms with Gasteiger partial charge < -0.3 is 31.3 Å². The van der Waals surface area contributed by atoms with E-state index in [0.29, 0.717) is 34.9 Å². The van der Waals surface area contributed by atoms with Crippen LogP contribution in [0, 0.1) is 10.8 Å². The number of hydrogen-bond acceptors (Lipinski definition) is 6. The van der Waals surface area contributed by atoms with Gasteiger partial charge in [-0.15, -0.1) is 0 Å². The van der Waals surface area contributed by atoms with E-state index in [4.69, 9.17) is 21.6 Å². The molecule has 1 aliphatic carbocycles. The molecule has 2 unspecified atom stereocenters. The fourth-order valence-corrected chi connectivity index (χ4v) is 5.28. The summed E-state index contributed by atoms with van der Waals surface area (Å²) in [4.78, 5) is 29.3. The van der Waals surface area contributed by atoms with E-state index in [-0.39, 0.29) is 29.7 Å². The molecular weight excluding hydrogens is 470 g/mol. The zero-order valence-electron chi connectivity index (χ0n) is 21.8. The second-order valence-electron chi connectivity index (χ2n) is 10.3. The molecule has 10 nitrogen and oxygen atoms in total. The van der Waals surface area contributed by atoms with Gasteiger partial charge in [0.15, 0.2) is 18.4 Å². The summed E-state index contributed by atoms with van der Waals surface area (Å²) in [6.07, 6.45) is 7.88. The number of aromatic nitrogens is 1. The van der Waals surface area contributed by atoms with E-state index in [2.05, 4.69) is 9.88 Å². The molecule has 0 bridgehead atoms. The Bertz CT molecular complexity index is 1260. The summed E-state index contributed by atoms with van der Waals surface area (Å²) in [7, 11) is 3.19. The number of amidine groups is 1. The zero-order valence-corrected chi connectivity index (χ0v) is 21.8. The topological polar surface area (TPSA) is 142 Å². The molecule has 0 radical (unpaired) electrons. The SMILES string of the molecule is COc1cc(C(=O)Nc2ccc[n+](C3CCC(N4CC(C)(C)C(=O)N(C)C(=CN)C4=N)C3)c2)ccc1N. The van der Waals surface area contributed by atoms with Crippen LogP contribution in [0.4, 0.5) is 11.4 Å². The van der Waals surface area contributed by atoms with Crippen molar-refractivity contribution in [2.45, 2.75) is 45.2 Å². The number of ether oxygens (including phenoxy) is 1. The van der Waals surface area contributed by atoms with E-state index < -0.39 is 5.41 Å². The van der Waals surface area contributed by atoms with Crippen LogP contribution in [0.1, 0.15) is 49.5 Å². The van der Waals surface area contributed by atoms with Crippen LogP contribution in [0.15, 0.2) is 54.6 Å². The molecule has 1 aromatic carbocycles. The molecule has 2 aliphatic rings. The maximum atomic E-state index is 13.0. The number of carbonyl (C=O) groups is 2. The quantitative estimate of drug-likeness (QED) is 0.363. The van der Waals surface area contributed by atoms with Crippen molar-refractivity contribution in [1.29, 1.82) is 5.41 Å². The lowest BCUT2D eigenvalue weighted by Gasteiger charge is -2.33. The van der Waals surface area contributed by atoms with Crippen molar-refractivity contribution in [2.24, 2.45) is 11.1 Å². The third-order valence-corrected chi connectivity index (χ3v) is 7.31. The molecule has 1 aliphatic heterocycles. The first kappa shape index (κ1) is 26.0. The minimum atomic E-state index is -0.647. The van der Waals surface area contributed by atoms with Gasteiger partial charge in [-0.25, -0.2) is 4.57 Å². The van der Waals surface area contributed by atoms with E-state index in [0.717, 1.165) is 19.3 Å². The first-order valence-electron chi connectivity index (χ1n) is 12.4. The van der Waals surface area contributed by atoms with Crippen molar-refractivity contribution >= 4 is 29.0 Å². The molecule has 2 atom stereocenters. The van der Waals surface area contributed by atoms with Crippen LogP contribution in [0.2, 0.25) is 0 Å². The van der Waals surface area contributed by atoms with E-state index >= 15 is 0 Å². The van der Waals surface area contributed by atoms with Crippen LogP contribution >= 0.6 is 0 Å². The molecule has 196 valence electrons. The Kier molecular flexibility index (Phi) is 7.11. The number of carbonyl (C=O) groups excluding carboxylic acids is 2. The monoisotopic (exact) mass is 506 g/mol. The van der Waals surface area contributed by atoms with Gasteiger partial charge in [-0.3, -0.25) is 15.0 Å². The van der Waals surface area contributed by atoms with Crippen LogP contribution in [0.3, 0.4) is 0 Å². The Morgan fingerprint density at radius 3 is 2.76 bits per heavy atom. The van der Waals surface area contributed by atoms with Gasteiger partial charge in [-0.05, 0) is 44.5 Å². The van der Waals surface area contributed by atoms with Crippen LogP contribution in [0.25, 0.3) is 0 Å². The first-order valence-corrected chi connectivity index (χ1v) is 12.4. The molecule has 1 saturated heterocycles. The lowest BCUT2D eigenvalue weighted by Crippen LogP contribution is -2.45. The zero-order chi connectivity index (χ0) is 26.9. The van der Waals surface area contributed by atoms with Gasteiger partial charge in [0, 0.05) is 50.3 Å². The Labute approximate surface area is 217 Å². The number of benzene rings is 1. The second-order valence-corrected chi connectivity index (χ2v) is 10.3. The molecule has 2 fully saturated rings. The van der Waals surface area contributed by atoms with Gasteiger partial charge >= 0.3 is 0 Å². The molecule has 4 rings (SSSR count).